The molecule has 0 saturated heterocycles. The van der Waals surface area contributed by atoms with Gasteiger partial charge >= 0.3 is 0 Å². The predicted octanol–water partition coefficient (Wildman–Crippen LogP) is 2.66. The molecule has 130 valence electrons. The zero-order chi connectivity index (χ0) is 18.4. The molecule has 1 N–H and O–H groups in total. The van der Waals surface area contributed by atoms with Gasteiger partial charge in [-0.15, -0.1) is 0 Å². The van der Waals surface area contributed by atoms with Gasteiger partial charge in [-0.25, -0.2) is 26.2 Å². The first-order valence-corrected chi connectivity index (χ1v) is 8.95. The van der Waals surface area contributed by atoms with E-state index in [2.05, 4.69) is 10.1 Å². The van der Waals surface area contributed by atoms with Crippen molar-refractivity contribution in [2.45, 2.75) is 6.92 Å². The highest BCUT2D eigenvalue weighted by Gasteiger charge is 2.20. The Morgan fingerprint density at radius 3 is 2.60 bits per heavy atom. The fraction of sp³-hybridized carbons (Fsp3) is 0.125. The molecule has 9 heteroatoms. The van der Waals surface area contributed by atoms with E-state index in [1.807, 2.05) is 0 Å². The maximum Gasteiger partial charge on any atom is 0.237 e. The molecule has 0 unspecified atom stereocenters. The fourth-order valence-electron chi connectivity index (χ4n) is 2.69. The minimum atomic E-state index is -3.63. The molecule has 2 aromatic carbocycles. The van der Waals surface area contributed by atoms with Gasteiger partial charge in [-0.1, -0.05) is 17.3 Å². The number of aromatic nitrogens is 2. The predicted molar refractivity (Wildman–Crippen MR) is 88.5 cm³/mol. The van der Waals surface area contributed by atoms with Crippen LogP contribution in [0.2, 0.25) is 0 Å². The number of imidazole rings is 1. The van der Waals surface area contributed by atoms with Crippen LogP contribution < -0.4 is 0 Å². The Morgan fingerprint density at radius 1 is 1.24 bits per heavy atom. The van der Waals surface area contributed by atoms with Crippen LogP contribution in [0, 0.1) is 18.6 Å². The van der Waals surface area contributed by atoms with Crippen LogP contribution in [-0.2, 0) is 10.0 Å². The molecule has 1 heterocycles. The van der Waals surface area contributed by atoms with E-state index in [-0.39, 0.29) is 28.2 Å². The number of oxime groups is 1. The molecule has 0 radical (unpaired) electrons. The minimum absolute atomic E-state index is 0.212. The van der Waals surface area contributed by atoms with Crippen molar-refractivity contribution in [1.82, 2.24) is 8.96 Å². The van der Waals surface area contributed by atoms with E-state index in [9.17, 15) is 22.4 Å². The zero-order valence-electron chi connectivity index (χ0n) is 13.2. The van der Waals surface area contributed by atoms with Crippen LogP contribution >= 0.6 is 0 Å². The van der Waals surface area contributed by atoms with Gasteiger partial charge in [0.1, 0.15) is 11.5 Å². The maximum atomic E-state index is 14.0. The molecule has 1 aromatic heterocycles. The lowest BCUT2D eigenvalue weighted by Gasteiger charge is -2.08. The van der Waals surface area contributed by atoms with Crippen LogP contribution in [0.4, 0.5) is 8.78 Å². The third kappa shape index (κ3) is 2.86. The Morgan fingerprint density at radius 2 is 1.96 bits per heavy atom. The Balaban J connectivity index is 2.27. The fourth-order valence-corrected chi connectivity index (χ4v) is 3.72. The van der Waals surface area contributed by atoms with E-state index in [1.54, 1.807) is 0 Å². The lowest BCUT2D eigenvalue weighted by Crippen LogP contribution is -2.12. The molecule has 0 bridgehead atoms. The highest BCUT2D eigenvalue weighted by Crippen LogP contribution is 2.23. The summed E-state index contributed by atoms with van der Waals surface area (Å²) in [5.41, 5.74) is 0.394. The molecule has 3 aromatic rings. The monoisotopic (exact) mass is 365 g/mol. The van der Waals surface area contributed by atoms with Gasteiger partial charge < -0.3 is 5.21 Å². The smallest absolute Gasteiger partial charge is 0.237 e. The summed E-state index contributed by atoms with van der Waals surface area (Å²) in [5.74, 6) is -1.99. The summed E-state index contributed by atoms with van der Waals surface area (Å²) in [6, 6.07) is 7.89. The second kappa shape index (κ2) is 5.92. The highest BCUT2D eigenvalue weighted by molar-refractivity contribution is 7.89. The number of aryl methyl sites for hydroxylation is 1. The maximum absolute atomic E-state index is 14.0. The van der Waals surface area contributed by atoms with Crippen LogP contribution in [0.15, 0.2) is 41.6 Å². The van der Waals surface area contributed by atoms with E-state index >= 15 is 0 Å². The molecular formula is C16H13F2N3O3S. The normalized spacial score (nSPS) is 12.7. The third-order valence-corrected chi connectivity index (χ3v) is 4.81. The third-order valence-electron chi connectivity index (χ3n) is 3.68. The SMILES string of the molecule is Cc1nc2ccc(/C(=N\O)c3cccc(F)c3F)cc2n1S(C)(=O)=O. The van der Waals surface area contributed by atoms with Crippen LogP contribution in [0.5, 0.6) is 0 Å². The molecule has 0 spiro atoms. The molecule has 3 rings (SSSR count). The number of fused-ring (bicyclic) bond motifs is 1. The van der Waals surface area contributed by atoms with Crippen molar-refractivity contribution in [3.05, 3.63) is 65.0 Å². The van der Waals surface area contributed by atoms with Crippen molar-refractivity contribution in [2.24, 2.45) is 5.16 Å². The number of hydrogen-bond acceptors (Lipinski definition) is 5. The minimum Gasteiger partial charge on any atom is -0.410 e. The van der Waals surface area contributed by atoms with Gasteiger partial charge in [-0.2, -0.15) is 0 Å². The van der Waals surface area contributed by atoms with Crippen molar-refractivity contribution in [3.63, 3.8) is 0 Å². The van der Waals surface area contributed by atoms with Crippen molar-refractivity contribution in [3.8, 4) is 0 Å². The summed E-state index contributed by atoms with van der Waals surface area (Å²) < 4.78 is 52.5. The highest BCUT2D eigenvalue weighted by atomic mass is 32.2. The standard InChI is InChI=1S/C16H13F2N3O3S/c1-9-19-13-7-6-10(8-14(13)21(9)25(2,23)24)16(20-22)11-4-3-5-12(17)15(11)18/h3-8,22H,1-2H3/b20-16+. The average molecular weight is 365 g/mol. The second-order valence-electron chi connectivity index (χ2n) is 5.44. The molecule has 0 saturated carbocycles. The molecule has 25 heavy (non-hydrogen) atoms. The Kier molecular flexibility index (Phi) is 4.03. The van der Waals surface area contributed by atoms with E-state index in [0.29, 0.717) is 5.52 Å². The summed E-state index contributed by atoms with van der Waals surface area (Å²) in [6.45, 7) is 1.54. The lowest BCUT2D eigenvalue weighted by atomic mass is 10.0. The molecule has 6 nitrogen and oxygen atoms in total. The van der Waals surface area contributed by atoms with E-state index < -0.39 is 21.7 Å². The number of hydrogen-bond donors (Lipinski definition) is 1. The first kappa shape index (κ1) is 17.0. The Hall–Kier alpha value is -2.81. The van der Waals surface area contributed by atoms with Gasteiger partial charge in [0.2, 0.25) is 10.0 Å². The Labute approximate surface area is 142 Å². The van der Waals surface area contributed by atoms with Crippen LogP contribution in [0.3, 0.4) is 0 Å². The first-order valence-electron chi connectivity index (χ1n) is 7.10. The second-order valence-corrected chi connectivity index (χ2v) is 7.27. The van der Waals surface area contributed by atoms with Crippen LogP contribution in [0.1, 0.15) is 17.0 Å². The number of nitrogens with zero attached hydrogens (tertiary/aromatic N) is 3. The van der Waals surface area contributed by atoms with E-state index in [1.165, 1.54) is 37.3 Å². The van der Waals surface area contributed by atoms with Gasteiger partial charge in [-0.3, -0.25) is 0 Å². The summed E-state index contributed by atoms with van der Waals surface area (Å²) in [5, 5.41) is 12.4. The molecule has 0 fully saturated rings. The lowest BCUT2D eigenvalue weighted by molar-refractivity contribution is 0.319. The average Bonchev–Trinajstić information content (AvgIpc) is 2.87. The van der Waals surface area contributed by atoms with Crippen LogP contribution in [0.25, 0.3) is 11.0 Å². The summed E-state index contributed by atoms with van der Waals surface area (Å²) in [4.78, 5) is 4.16. The summed E-state index contributed by atoms with van der Waals surface area (Å²) in [6.07, 6.45) is 1.03. The number of benzene rings is 2. The van der Waals surface area contributed by atoms with Gasteiger partial charge in [0.15, 0.2) is 11.6 Å². The largest absolute Gasteiger partial charge is 0.410 e. The van der Waals surface area contributed by atoms with Crippen molar-refractivity contribution in [1.29, 1.82) is 0 Å². The topological polar surface area (TPSA) is 84.6 Å². The van der Waals surface area contributed by atoms with Gasteiger partial charge in [0.25, 0.3) is 0 Å². The first-order chi connectivity index (χ1) is 11.7. The summed E-state index contributed by atoms with van der Waals surface area (Å²) >= 11 is 0. The van der Waals surface area contributed by atoms with Gasteiger partial charge in [0.05, 0.1) is 17.3 Å². The van der Waals surface area contributed by atoms with E-state index in [4.69, 9.17) is 0 Å². The zero-order valence-corrected chi connectivity index (χ0v) is 14.1. The van der Waals surface area contributed by atoms with Gasteiger partial charge in [0, 0.05) is 11.1 Å². The van der Waals surface area contributed by atoms with Gasteiger partial charge in [-0.05, 0) is 31.2 Å². The summed E-state index contributed by atoms with van der Waals surface area (Å²) in [7, 11) is -3.63. The number of rotatable bonds is 3. The number of halogens is 2. The van der Waals surface area contributed by atoms with Crippen LogP contribution in [-0.4, -0.2) is 34.5 Å². The molecule has 0 atom stereocenters. The van der Waals surface area contributed by atoms with Crippen molar-refractivity contribution < 1.29 is 22.4 Å². The van der Waals surface area contributed by atoms with Crippen molar-refractivity contribution >= 4 is 26.8 Å². The molecule has 0 aliphatic carbocycles. The Bertz CT molecular complexity index is 1120. The molecule has 0 amide bonds. The van der Waals surface area contributed by atoms with Crippen molar-refractivity contribution in [2.75, 3.05) is 6.26 Å². The molecule has 0 aliphatic heterocycles. The molecule has 0 aliphatic rings. The molecular weight excluding hydrogens is 352 g/mol. The van der Waals surface area contributed by atoms with E-state index in [0.717, 1.165) is 16.3 Å². The quantitative estimate of drug-likeness (QED) is 0.439.